The lowest BCUT2D eigenvalue weighted by Gasteiger charge is -2.26. The molecule has 0 aliphatic heterocycles. The van der Waals surface area contributed by atoms with Crippen molar-refractivity contribution in [3.8, 4) is 0 Å². The highest BCUT2D eigenvalue weighted by Gasteiger charge is 2.18. The van der Waals surface area contributed by atoms with Crippen LogP contribution in [0.15, 0.2) is 4.99 Å². The van der Waals surface area contributed by atoms with E-state index in [-0.39, 0.29) is 36.3 Å². The maximum atomic E-state index is 11.0. The van der Waals surface area contributed by atoms with Gasteiger partial charge in [-0.2, -0.15) is 0 Å². The maximum absolute atomic E-state index is 11.0. The lowest BCUT2D eigenvalue weighted by Crippen LogP contribution is -2.39. The average Bonchev–Trinajstić information content (AvgIpc) is 2.49. The van der Waals surface area contributed by atoms with E-state index in [4.69, 9.17) is 4.74 Å². The van der Waals surface area contributed by atoms with Crippen molar-refractivity contribution in [2.45, 2.75) is 46.0 Å². The van der Waals surface area contributed by atoms with E-state index in [1.807, 2.05) is 6.92 Å². The van der Waals surface area contributed by atoms with Gasteiger partial charge in [-0.1, -0.05) is 26.2 Å². The van der Waals surface area contributed by atoms with E-state index < -0.39 is 9.84 Å². The fraction of sp³-hybridized carbons (Fsp3) is 0.941. The van der Waals surface area contributed by atoms with Crippen molar-refractivity contribution in [1.29, 1.82) is 0 Å². The summed E-state index contributed by atoms with van der Waals surface area (Å²) in [6.07, 6.45) is 7.80. The first-order valence-electron chi connectivity index (χ1n) is 9.18. The molecule has 0 aromatic carbocycles. The molecule has 0 saturated heterocycles. The molecule has 1 rings (SSSR count). The molecule has 8 heteroatoms. The predicted molar refractivity (Wildman–Crippen MR) is 116 cm³/mol. The molecule has 2 atom stereocenters. The fourth-order valence-corrected chi connectivity index (χ4v) is 3.50. The van der Waals surface area contributed by atoms with Gasteiger partial charge in [-0.15, -0.1) is 24.0 Å². The summed E-state index contributed by atoms with van der Waals surface area (Å²) in [5, 5.41) is 6.46. The van der Waals surface area contributed by atoms with Crippen molar-refractivity contribution in [3.63, 3.8) is 0 Å². The molecular formula is C17H36IN3O3S. The van der Waals surface area contributed by atoms with Crippen LogP contribution in [0.1, 0.15) is 46.0 Å². The van der Waals surface area contributed by atoms with E-state index in [9.17, 15) is 8.42 Å². The number of hydrogen-bond acceptors (Lipinski definition) is 4. The van der Waals surface area contributed by atoms with E-state index in [2.05, 4.69) is 22.5 Å². The van der Waals surface area contributed by atoms with Gasteiger partial charge >= 0.3 is 0 Å². The third-order valence-electron chi connectivity index (χ3n) is 4.33. The normalized spacial score (nSPS) is 21.5. The molecule has 1 saturated carbocycles. The number of hydrogen-bond donors (Lipinski definition) is 2. The average molecular weight is 489 g/mol. The number of rotatable bonds is 10. The van der Waals surface area contributed by atoms with Gasteiger partial charge in [0.25, 0.3) is 0 Å². The van der Waals surface area contributed by atoms with Crippen LogP contribution in [0.5, 0.6) is 0 Å². The number of guanidine groups is 1. The minimum Gasteiger partial charge on any atom is -0.379 e. The number of nitrogens with zero attached hydrogens (tertiary/aromatic N) is 1. The largest absolute Gasteiger partial charge is 0.379 e. The van der Waals surface area contributed by atoms with Crippen molar-refractivity contribution in [3.05, 3.63) is 0 Å². The standard InChI is InChI=1S/C17H35N3O3S.HI/c1-4-18-17(20-10-11-23-12-13-24(3,21)22)19-9-8-16-7-5-6-15(2)14-16;/h15-16H,4-14H2,1-3H3,(H2,18,19,20);1H. The highest BCUT2D eigenvalue weighted by atomic mass is 127. The minimum atomic E-state index is -2.94. The zero-order valence-electron chi connectivity index (χ0n) is 15.9. The lowest BCUT2D eigenvalue weighted by atomic mass is 9.81. The Kier molecular flexibility index (Phi) is 14.0. The zero-order chi connectivity index (χ0) is 17.8. The predicted octanol–water partition coefficient (Wildman–Crippen LogP) is 2.44. The molecule has 6 nitrogen and oxygen atoms in total. The number of ether oxygens (including phenoxy) is 1. The van der Waals surface area contributed by atoms with Crippen LogP contribution in [0.3, 0.4) is 0 Å². The summed E-state index contributed by atoms with van der Waals surface area (Å²) in [6, 6.07) is 0. The second kappa shape index (κ2) is 14.0. The van der Waals surface area contributed by atoms with Crippen LogP contribution in [-0.4, -0.2) is 59.2 Å². The Labute approximate surface area is 170 Å². The summed E-state index contributed by atoms with van der Waals surface area (Å²) in [5.74, 6) is 2.57. The molecule has 1 fully saturated rings. The van der Waals surface area contributed by atoms with Crippen molar-refractivity contribution < 1.29 is 13.2 Å². The summed E-state index contributed by atoms with van der Waals surface area (Å²) < 4.78 is 27.3. The molecule has 2 unspecified atom stereocenters. The molecule has 1 aliphatic carbocycles. The van der Waals surface area contributed by atoms with Gasteiger partial charge in [-0.3, -0.25) is 4.99 Å². The molecule has 2 N–H and O–H groups in total. The molecule has 0 spiro atoms. The first-order chi connectivity index (χ1) is 11.4. The van der Waals surface area contributed by atoms with E-state index in [1.165, 1.54) is 31.9 Å². The van der Waals surface area contributed by atoms with E-state index in [1.54, 1.807) is 0 Å². The van der Waals surface area contributed by atoms with E-state index in [0.717, 1.165) is 37.3 Å². The smallest absolute Gasteiger partial charge is 0.191 e. The molecule has 25 heavy (non-hydrogen) atoms. The highest BCUT2D eigenvalue weighted by molar-refractivity contribution is 14.0. The van der Waals surface area contributed by atoms with E-state index in [0.29, 0.717) is 13.2 Å². The summed E-state index contributed by atoms with van der Waals surface area (Å²) in [7, 11) is -2.94. The lowest BCUT2D eigenvalue weighted by molar-refractivity contribution is 0.154. The first kappa shape index (κ1) is 24.9. The topological polar surface area (TPSA) is 79.8 Å². The summed E-state index contributed by atoms with van der Waals surface area (Å²) in [6.45, 7) is 7.40. The van der Waals surface area contributed by atoms with Crippen molar-refractivity contribution in [2.75, 3.05) is 44.9 Å². The Morgan fingerprint density at radius 3 is 2.64 bits per heavy atom. The van der Waals surface area contributed by atoms with Gasteiger partial charge in [0.2, 0.25) is 0 Å². The van der Waals surface area contributed by atoms with Crippen LogP contribution in [-0.2, 0) is 14.6 Å². The van der Waals surface area contributed by atoms with Crippen molar-refractivity contribution in [1.82, 2.24) is 10.6 Å². The van der Waals surface area contributed by atoms with E-state index >= 15 is 0 Å². The van der Waals surface area contributed by atoms with Gasteiger partial charge in [0.1, 0.15) is 9.84 Å². The molecule has 150 valence electrons. The number of nitrogens with one attached hydrogen (secondary N) is 2. The zero-order valence-corrected chi connectivity index (χ0v) is 19.1. The Balaban J connectivity index is 0.00000576. The van der Waals surface area contributed by atoms with Crippen molar-refractivity contribution in [2.24, 2.45) is 16.8 Å². The molecule has 0 amide bonds. The summed E-state index contributed by atoms with van der Waals surface area (Å²) in [4.78, 5) is 4.63. The van der Waals surface area contributed by atoms with Gasteiger partial charge in [0.15, 0.2) is 5.96 Å². The van der Waals surface area contributed by atoms with Crippen LogP contribution in [0.25, 0.3) is 0 Å². The van der Waals surface area contributed by atoms with Crippen LogP contribution in [0.2, 0.25) is 0 Å². The van der Waals surface area contributed by atoms with Gasteiger partial charge in [-0.05, 0) is 31.6 Å². The van der Waals surface area contributed by atoms with Crippen LogP contribution in [0.4, 0.5) is 0 Å². The van der Waals surface area contributed by atoms with Gasteiger partial charge < -0.3 is 15.4 Å². The SMILES string of the molecule is CCNC(=NCCC1CCCC(C)C1)NCCOCCS(C)(=O)=O.I. The van der Waals surface area contributed by atoms with Crippen LogP contribution >= 0.6 is 24.0 Å². The third kappa shape index (κ3) is 13.7. The number of sulfone groups is 1. The fourth-order valence-electron chi connectivity index (χ4n) is 3.08. The second-order valence-corrected chi connectivity index (χ2v) is 9.12. The van der Waals surface area contributed by atoms with Crippen molar-refractivity contribution >= 4 is 39.8 Å². The number of aliphatic imine (C=N–C) groups is 1. The Bertz CT molecular complexity index is 472. The van der Waals surface area contributed by atoms with Gasteiger partial charge in [0.05, 0.1) is 19.0 Å². The summed E-state index contributed by atoms with van der Waals surface area (Å²) >= 11 is 0. The van der Waals surface area contributed by atoms with Crippen LogP contribution < -0.4 is 10.6 Å². The molecular weight excluding hydrogens is 453 g/mol. The number of halogens is 1. The maximum Gasteiger partial charge on any atom is 0.191 e. The molecule has 0 bridgehead atoms. The van der Waals surface area contributed by atoms with Crippen LogP contribution in [0, 0.1) is 11.8 Å². The van der Waals surface area contributed by atoms with Gasteiger partial charge in [-0.25, -0.2) is 8.42 Å². The Morgan fingerprint density at radius 1 is 1.24 bits per heavy atom. The summed E-state index contributed by atoms with van der Waals surface area (Å²) in [5.41, 5.74) is 0. The first-order valence-corrected chi connectivity index (χ1v) is 11.2. The monoisotopic (exact) mass is 489 g/mol. The third-order valence-corrected chi connectivity index (χ3v) is 5.24. The Morgan fingerprint density at radius 2 is 2.00 bits per heavy atom. The molecule has 1 aliphatic rings. The van der Waals surface area contributed by atoms with Gasteiger partial charge in [0, 0.05) is 25.9 Å². The molecule has 0 heterocycles. The highest BCUT2D eigenvalue weighted by Crippen LogP contribution is 2.30. The molecule has 0 radical (unpaired) electrons. The molecule has 0 aromatic heterocycles. The minimum absolute atomic E-state index is 0. The second-order valence-electron chi connectivity index (χ2n) is 6.86. The quantitative estimate of drug-likeness (QED) is 0.213. The Hall–Kier alpha value is -0.0900. The molecule has 0 aromatic rings.